The van der Waals surface area contributed by atoms with E-state index in [-0.39, 0.29) is 5.91 Å². The van der Waals surface area contributed by atoms with Crippen molar-refractivity contribution < 1.29 is 9.32 Å². The number of hydrogen-bond donors (Lipinski definition) is 2. The molecule has 2 heterocycles. The van der Waals surface area contributed by atoms with Gasteiger partial charge in [0.2, 0.25) is 6.39 Å². The summed E-state index contributed by atoms with van der Waals surface area (Å²) in [6, 6.07) is 3.49. The van der Waals surface area contributed by atoms with Gasteiger partial charge in [0.15, 0.2) is 5.82 Å². The molecular weight excluding hydrogens is 258 g/mol. The molecule has 0 spiro atoms. The zero-order chi connectivity index (χ0) is 14.2. The zero-order valence-corrected chi connectivity index (χ0v) is 11.3. The number of anilines is 1. The molecule has 0 saturated carbocycles. The van der Waals surface area contributed by atoms with Crippen molar-refractivity contribution >= 4 is 11.7 Å². The summed E-state index contributed by atoms with van der Waals surface area (Å²) in [5.41, 5.74) is 0.536. The molecular formula is C13H17N5O2. The highest BCUT2D eigenvalue weighted by Gasteiger charge is 2.11. The molecule has 2 N–H and O–H groups in total. The summed E-state index contributed by atoms with van der Waals surface area (Å²) in [7, 11) is 0. The van der Waals surface area contributed by atoms with Crippen LogP contribution in [-0.4, -0.2) is 34.1 Å². The van der Waals surface area contributed by atoms with E-state index in [2.05, 4.69) is 37.2 Å². The molecule has 7 heteroatoms. The van der Waals surface area contributed by atoms with E-state index >= 15 is 0 Å². The number of nitrogens with one attached hydrogen (secondary N) is 2. The van der Waals surface area contributed by atoms with Crippen LogP contribution in [0, 0.1) is 0 Å². The molecule has 0 atom stereocenters. The maximum atomic E-state index is 12.1. The van der Waals surface area contributed by atoms with Gasteiger partial charge >= 0.3 is 0 Å². The summed E-state index contributed by atoms with van der Waals surface area (Å²) in [5.74, 6) is 1.01. The number of nitrogens with zero attached hydrogens (tertiary/aromatic N) is 3. The van der Waals surface area contributed by atoms with E-state index in [1.54, 1.807) is 18.3 Å². The first kappa shape index (κ1) is 14.0. The Kier molecular flexibility index (Phi) is 5.05. The second-order valence-electron chi connectivity index (χ2n) is 4.18. The van der Waals surface area contributed by atoms with E-state index in [0.717, 1.165) is 13.0 Å². The van der Waals surface area contributed by atoms with E-state index in [4.69, 9.17) is 0 Å². The fourth-order valence-electron chi connectivity index (χ4n) is 1.66. The highest BCUT2D eigenvalue weighted by Crippen LogP contribution is 2.11. The van der Waals surface area contributed by atoms with Gasteiger partial charge in [-0.3, -0.25) is 4.79 Å². The van der Waals surface area contributed by atoms with Crippen LogP contribution >= 0.6 is 0 Å². The molecule has 1 amide bonds. The number of amides is 1. The van der Waals surface area contributed by atoms with E-state index < -0.39 is 0 Å². The summed E-state index contributed by atoms with van der Waals surface area (Å²) in [5, 5.41) is 9.63. The average Bonchev–Trinajstić information content (AvgIpc) is 2.98. The van der Waals surface area contributed by atoms with Crippen molar-refractivity contribution in [2.45, 2.75) is 19.8 Å². The predicted octanol–water partition coefficient (Wildman–Crippen LogP) is 1.26. The van der Waals surface area contributed by atoms with E-state index in [9.17, 15) is 4.79 Å². The van der Waals surface area contributed by atoms with E-state index in [1.807, 2.05) is 0 Å². The minimum atomic E-state index is -0.166. The molecule has 2 aromatic rings. The first-order chi connectivity index (χ1) is 9.81. The molecule has 0 radical (unpaired) electrons. The lowest BCUT2D eigenvalue weighted by molar-refractivity contribution is 0.0954. The monoisotopic (exact) mass is 275 g/mol. The lowest BCUT2D eigenvalue weighted by Crippen LogP contribution is -2.27. The van der Waals surface area contributed by atoms with Crippen LogP contribution in [0.15, 0.2) is 29.2 Å². The van der Waals surface area contributed by atoms with Gasteiger partial charge in [-0.1, -0.05) is 12.1 Å². The van der Waals surface area contributed by atoms with Gasteiger partial charge in [0.25, 0.3) is 5.91 Å². The fraction of sp³-hybridized carbons (Fsp3) is 0.385. The molecule has 0 aliphatic carbocycles. The maximum Gasteiger partial charge on any atom is 0.255 e. The Bertz CT molecular complexity index is 541. The first-order valence-electron chi connectivity index (χ1n) is 6.53. The Morgan fingerprint density at radius 2 is 2.25 bits per heavy atom. The van der Waals surface area contributed by atoms with Crippen LogP contribution in [0.25, 0.3) is 0 Å². The highest BCUT2D eigenvalue weighted by atomic mass is 16.5. The third-order valence-corrected chi connectivity index (χ3v) is 2.64. The lowest BCUT2D eigenvalue weighted by Gasteiger charge is -2.10. The molecule has 2 aromatic heterocycles. The van der Waals surface area contributed by atoms with Gasteiger partial charge in [-0.2, -0.15) is 4.98 Å². The molecule has 0 aliphatic heterocycles. The van der Waals surface area contributed by atoms with Crippen LogP contribution in [-0.2, 0) is 6.42 Å². The van der Waals surface area contributed by atoms with Crippen LogP contribution in [0.1, 0.15) is 29.5 Å². The van der Waals surface area contributed by atoms with E-state index in [1.165, 1.54) is 6.39 Å². The number of rotatable bonds is 7. The van der Waals surface area contributed by atoms with Gasteiger partial charge in [-0.25, -0.2) is 4.98 Å². The standard InChI is InChI=1S/C13H17N5O2/c1-2-6-14-12-10(4-3-7-15-12)13(19)16-8-5-11-17-9-20-18-11/h3-4,7,9H,2,5-6,8H2,1H3,(H,14,15)(H,16,19). The quantitative estimate of drug-likeness (QED) is 0.790. The molecule has 0 bridgehead atoms. The Balaban J connectivity index is 1.91. The van der Waals surface area contributed by atoms with Gasteiger partial charge in [-0.05, 0) is 18.6 Å². The number of carbonyl (C=O) groups excluding carboxylic acids is 1. The lowest BCUT2D eigenvalue weighted by atomic mass is 10.2. The zero-order valence-electron chi connectivity index (χ0n) is 11.3. The third kappa shape index (κ3) is 3.78. The topological polar surface area (TPSA) is 92.9 Å². The number of carbonyl (C=O) groups is 1. The summed E-state index contributed by atoms with van der Waals surface area (Å²) >= 11 is 0. The van der Waals surface area contributed by atoms with Gasteiger partial charge in [0.1, 0.15) is 5.82 Å². The van der Waals surface area contributed by atoms with Crippen LogP contribution < -0.4 is 10.6 Å². The average molecular weight is 275 g/mol. The third-order valence-electron chi connectivity index (χ3n) is 2.64. The molecule has 7 nitrogen and oxygen atoms in total. The SMILES string of the molecule is CCCNc1ncccc1C(=O)NCCc1ncon1. The largest absolute Gasteiger partial charge is 0.369 e. The van der Waals surface area contributed by atoms with Crippen molar-refractivity contribution in [3.63, 3.8) is 0 Å². The maximum absolute atomic E-state index is 12.1. The smallest absolute Gasteiger partial charge is 0.255 e. The molecule has 20 heavy (non-hydrogen) atoms. The van der Waals surface area contributed by atoms with Crippen molar-refractivity contribution in [2.75, 3.05) is 18.4 Å². The van der Waals surface area contributed by atoms with Crippen LogP contribution in [0.3, 0.4) is 0 Å². The molecule has 0 aliphatic rings. The van der Waals surface area contributed by atoms with Gasteiger partial charge in [0, 0.05) is 25.7 Å². The predicted molar refractivity (Wildman–Crippen MR) is 73.4 cm³/mol. The van der Waals surface area contributed by atoms with Crippen molar-refractivity contribution in [1.29, 1.82) is 0 Å². The number of hydrogen-bond acceptors (Lipinski definition) is 6. The van der Waals surface area contributed by atoms with Crippen LogP contribution in [0.4, 0.5) is 5.82 Å². The minimum absolute atomic E-state index is 0.166. The summed E-state index contributed by atoms with van der Waals surface area (Å²) < 4.78 is 4.63. The van der Waals surface area contributed by atoms with Crippen LogP contribution in [0.5, 0.6) is 0 Å². The molecule has 0 unspecified atom stereocenters. The number of aromatic nitrogens is 3. The fourth-order valence-corrected chi connectivity index (χ4v) is 1.66. The van der Waals surface area contributed by atoms with Crippen molar-refractivity contribution in [1.82, 2.24) is 20.4 Å². The molecule has 106 valence electrons. The van der Waals surface area contributed by atoms with Gasteiger partial charge < -0.3 is 15.2 Å². The first-order valence-corrected chi connectivity index (χ1v) is 6.53. The highest BCUT2D eigenvalue weighted by molar-refractivity contribution is 5.98. The molecule has 2 rings (SSSR count). The van der Waals surface area contributed by atoms with E-state index in [0.29, 0.717) is 30.2 Å². The van der Waals surface area contributed by atoms with Gasteiger partial charge in [-0.15, -0.1) is 0 Å². The molecule has 0 aromatic carbocycles. The van der Waals surface area contributed by atoms with Gasteiger partial charge in [0.05, 0.1) is 5.56 Å². The second-order valence-corrected chi connectivity index (χ2v) is 4.18. The normalized spacial score (nSPS) is 10.2. The summed E-state index contributed by atoms with van der Waals surface area (Å²) in [6.07, 6.45) is 4.43. The van der Waals surface area contributed by atoms with Crippen molar-refractivity contribution in [2.24, 2.45) is 0 Å². The minimum Gasteiger partial charge on any atom is -0.369 e. The second kappa shape index (κ2) is 7.22. The number of pyridine rings is 1. The Hall–Kier alpha value is -2.44. The molecule has 0 fully saturated rings. The van der Waals surface area contributed by atoms with Crippen molar-refractivity contribution in [3.8, 4) is 0 Å². The summed E-state index contributed by atoms with van der Waals surface area (Å²) in [6.45, 7) is 3.28. The Morgan fingerprint density at radius 3 is 3.00 bits per heavy atom. The molecule has 0 saturated heterocycles. The Labute approximate surface area is 116 Å². The summed E-state index contributed by atoms with van der Waals surface area (Å²) in [4.78, 5) is 20.2. The Morgan fingerprint density at radius 1 is 1.35 bits per heavy atom. The van der Waals surface area contributed by atoms with Crippen LogP contribution in [0.2, 0.25) is 0 Å². The van der Waals surface area contributed by atoms with Crippen molar-refractivity contribution in [3.05, 3.63) is 36.1 Å².